The van der Waals surface area contributed by atoms with Gasteiger partial charge in [-0.25, -0.2) is 18.2 Å². The van der Waals surface area contributed by atoms with E-state index in [9.17, 15) is 26.4 Å². The number of aromatic nitrogens is 1. The van der Waals surface area contributed by atoms with Gasteiger partial charge in [0.25, 0.3) is 10.0 Å². The van der Waals surface area contributed by atoms with E-state index in [0.29, 0.717) is 11.3 Å². The molecule has 0 radical (unpaired) electrons. The van der Waals surface area contributed by atoms with Gasteiger partial charge in [-0.05, 0) is 12.8 Å². The maximum atomic E-state index is 12.8. The average Bonchev–Trinajstić information content (AvgIpc) is 2.93. The first-order chi connectivity index (χ1) is 9.13. The highest BCUT2D eigenvalue weighted by atomic mass is 32.2. The minimum absolute atomic E-state index is 0.331. The zero-order chi connectivity index (χ0) is 15.2. The average molecular weight is 330 g/mol. The van der Waals surface area contributed by atoms with Gasteiger partial charge < -0.3 is 4.74 Å². The lowest BCUT2D eigenvalue weighted by Crippen LogP contribution is -2.47. The molecule has 0 atom stereocenters. The number of carbonyl (C=O) groups excluding carboxylic acids is 1. The molecule has 11 heteroatoms. The summed E-state index contributed by atoms with van der Waals surface area (Å²) in [6.45, 7) is 0. The van der Waals surface area contributed by atoms with Crippen LogP contribution in [0, 0.1) is 0 Å². The molecule has 1 aromatic heterocycles. The van der Waals surface area contributed by atoms with E-state index in [-0.39, 0.29) is 12.8 Å². The van der Waals surface area contributed by atoms with E-state index in [1.165, 1.54) is 0 Å². The van der Waals surface area contributed by atoms with Crippen LogP contribution in [0.5, 0.6) is 0 Å². The molecule has 0 aromatic carbocycles. The number of esters is 1. The van der Waals surface area contributed by atoms with Gasteiger partial charge in [0.2, 0.25) is 0 Å². The van der Waals surface area contributed by atoms with E-state index in [2.05, 4.69) is 9.72 Å². The highest BCUT2D eigenvalue weighted by molar-refractivity contribution is 7.91. The summed E-state index contributed by atoms with van der Waals surface area (Å²) < 4.78 is 67.6. The van der Waals surface area contributed by atoms with E-state index < -0.39 is 37.6 Å². The van der Waals surface area contributed by atoms with Crippen LogP contribution >= 0.6 is 11.3 Å². The second-order valence-corrected chi connectivity index (χ2v) is 6.90. The fourth-order valence-corrected chi connectivity index (χ4v) is 4.11. The molecule has 0 spiro atoms. The lowest BCUT2D eigenvalue weighted by atomic mass is 10.3. The zero-order valence-electron chi connectivity index (χ0n) is 10.0. The number of alkyl halides is 3. The quantitative estimate of drug-likeness (QED) is 0.841. The molecular weight excluding hydrogens is 321 g/mol. The topological polar surface area (TPSA) is 85.4 Å². The molecule has 0 aliphatic heterocycles. The van der Waals surface area contributed by atoms with Gasteiger partial charge in [-0.1, -0.05) is 0 Å². The summed E-state index contributed by atoms with van der Waals surface area (Å²) >= 11 is 0.550. The number of thiazole rings is 1. The molecule has 1 aliphatic rings. The number of methoxy groups -OCH3 is 1. The van der Waals surface area contributed by atoms with Gasteiger partial charge in [0.1, 0.15) is 5.54 Å². The molecule has 1 aromatic rings. The molecule has 0 unspecified atom stereocenters. The minimum Gasteiger partial charge on any atom is -0.464 e. The van der Waals surface area contributed by atoms with Crippen molar-refractivity contribution in [2.24, 2.45) is 0 Å². The van der Waals surface area contributed by atoms with Crippen LogP contribution < -0.4 is 4.72 Å². The van der Waals surface area contributed by atoms with Gasteiger partial charge in [-0.3, -0.25) is 0 Å². The SMILES string of the molecule is COC(=O)c1ncsc1S(=O)(=O)NC1(C(F)(F)F)CC1. The summed E-state index contributed by atoms with van der Waals surface area (Å²) in [6, 6.07) is 0. The Hall–Kier alpha value is -1.20. The first-order valence-corrected chi connectivity index (χ1v) is 7.62. The Labute approximate surface area is 116 Å². The van der Waals surface area contributed by atoms with E-state index >= 15 is 0 Å². The van der Waals surface area contributed by atoms with Crippen LogP contribution in [0.2, 0.25) is 0 Å². The Kier molecular flexibility index (Phi) is 3.55. The lowest BCUT2D eigenvalue weighted by molar-refractivity contribution is -0.160. The van der Waals surface area contributed by atoms with Crippen molar-refractivity contribution >= 4 is 27.3 Å². The first kappa shape index (κ1) is 15.2. The van der Waals surface area contributed by atoms with Crippen molar-refractivity contribution in [3.05, 3.63) is 11.2 Å². The van der Waals surface area contributed by atoms with E-state index in [1.54, 1.807) is 4.72 Å². The van der Waals surface area contributed by atoms with E-state index in [0.717, 1.165) is 12.6 Å². The number of hydrogen-bond donors (Lipinski definition) is 1. The Morgan fingerprint density at radius 1 is 1.50 bits per heavy atom. The fourth-order valence-electron chi connectivity index (χ4n) is 1.53. The van der Waals surface area contributed by atoms with Crippen LogP contribution in [0.4, 0.5) is 13.2 Å². The van der Waals surface area contributed by atoms with Gasteiger partial charge in [-0.2, -0.15) is 17.9 Å². The van der Waals surface area contributed by atoms with Crippen molar-refractivity contribution in [3.8, 4) is 0 Å². The summed E-state index contributed by atoms with van der Waals surface area (Å²) in [5.41, 5.74) is -1.92. The van der Waals surface area contributed by atoms with E-state index in [1.807, 2.05) is 0 Å². The van der Waals surface area contributed by atoms with Crippen molar-refractivity contribution in [1.29, 1.82) is 0 Å². The number of hydrogen-bond acceptors (Lipinski definition) is 6. The molecule has 1 N–H and O–H groups in total. The van der Waals surface area contributed by atoms with Gasteiger partial charge in [0, 0.05) is 0 Å². The highest BCUT2D eigenvalue weighted by Crippen LogP contribution is 2.49. The van der Waals surface area contributed by atoms with Gasteiger partial charge in [0.05, 0.1) is 12.6 Å². The standard InChI is InChI=1S/C9H9F3N2O4S2/c1-18-6(15)5-7(19-4-13-5)20(16,17)14-8(2-3-8)9(10,11)12/h4,14H,2-3H2,1H3. The molecule has 6 nitrogen and oxygen atoms in total. The van der Waals surface area contributed by atoms with Crippen LogP contribution in [0.3, 0.4) is 0 Å². The first-order valence-electron chi connectivity index (χ1n) is 5.25. The number of carbonyl (C=O) groups is 1. The smallest absolute Gasteiger partial charge is 0.407 e. The predicted octanol–water partition coefficient (Wildman–Crippen LogP) is 1.30. The molecule has 2 rings (SSSR count). The summed E-state index contributed by atoms with van der Waals surface area (Å²) in [4.78, 5) is 14.8. The minimum atomic E-state index is -4.68. The van der Waals surface area contributed by atoms with Gasteiger partial charge in [0.15, 0.2) is 9.90 Å². The van der Waals surface area contributed by atoms with E-state index in [4.69, 9.17) is 0 Å². The van der Waals surface area contributed by atoms with Gasteiger partial charge in [-0.15, -0.1) is 11.3 Å². The molecule has 0 saturated heterocycles. The Bertz CT molecular complexity index is 634. The summed E-state index contributed by atoms with van der Waals surface area (Å²) in [5.74, 6) is -1.02. The third-order valence-electron chi connectivity index (χ3n) is 2.78. The third-order valence-corrected chi connectivity index (χ3v) is 5.69. The number of ether oxygens (including phenoxy) is 1. The van der Waals surface area contributed by atoms with Crippen molar-refractivity contribution < 1.29 is 31.1 Å². The molecule has 0 amide bonds. The number of sulfonamides is 1. The van der Waals surface area contributed by atoms with Crippen molar-refractivity contribution in [3.63, 3.8) is 0 Å². The Balaban J connectivity index is 2.34. The molecule has 20 heavy (non-hydrogen) atoms. The number of halogens is 3. The highest BCUT2D eigenvalue weighted by Gasteiger charge is 2.65. The largest absolute Gasteiger partial charge is 0.464 e. The second-order valence-electron chi connectivity index (χ2n) is 4.17. The molecule has 1 heterocycles. The third kappa shape index (κ3) is 2.52. The Morgan fingerprint density at radius 3 is 2.55 bits per heavy atom. The van der Waals surface area contributed by atoms with Crippen molar-refractivity contribution in [2.75, 3.05) is 7.11 Å². The summed E-state index contributed by atoms with van der Waals surface area (Å²) in [5, 5.41) is 0. The Morgan fingerprint density at radius 2 is 2.10 bits per heavy atom. The number of nitrogens with zero attached hydrogens (tertiary/aromatic N) is 1. The van der Waals surface area contributed by atoms with Crippen LogP contribution in [0.1, 0.15) is 23.3 Å². The van der Waals surface area contributed by atoms with Crippen LogP contribution in [0.25, 0.3) is 0 Å². The number of rotatable bonds is 4. The summed E-state index contributed by atoms with van der Waals surface area (Å²) in [7, 11) is -3.48. The summed E-state index contributed by atoms with van der Waals surface area (Å²) in [6.07, 6.45) is -5.35. The molecule has 1 fully saturated rings. The molecule has 1 aliphatic carbocycles. The molecule has 0 bridgehead atoms. The van der Waals surface area contributed by atoms with Crippen LogP contribution in [0.15, 0.2) is 9.72 Å². The van der Waals surface area contributed by atoms with Gasteiger partial charge >= 0.3 is 12.1 Å². The van der Waals surface area contributed by atoms with Crippen molar-refractivity contribution in [1.82, 2.24) is 9.71 Å². The normalized spacial score (nSPS) is 17.8. The lowest BCUT2D eigenvalue weighted by Gasteiger charge is -2.20. The molecular formula is C9H9F3N2O4S2. The van der Waals surface area contributed by atoms with Crippen LogP contribution in [-0.2, 0) is 14.8 Å². The molecule has 112 valence electrons. The monoisotopic (exact) mass is 330 g/mol. The maximum Gasteiger partial charge on any atom is 0.407 e. The number of nitrogens with one attached hydrogen (secondary N) is 1. The predicted molar refractivity (Wildman–Crippen MR) is 61.8 cm³/mol. The van der Waals surface area contributed by atoms with Crippen LogP contribution in [-0.4, -0.2) is 38.2 Å². The second kappa shape index (κ2) is 4.67. The molecule has 1 saturated carbocycles. The maximum absolute atomic E-state index is 12.8. The fraction of sp³-hybridized carbons (Fsp3) is 0.556. The zero-order valence-corrected chi connectivity index (χ0v) is 11.7. The van der Waals surface area contributed by atoms with Crippen molar-refractivity contribution in [2.45, 2.75) is 28.8 Å².